The van der Waals surface area contributed by atoms with Gasteiger partial charge in [0, 0.05) is 26.1 Å². The molecule has 2 aliphatic carbocycles. The van der Waals surface area contributed by atoms with Gasteiger partial charge in [-0.25, -0.2) is 0 Å². The first-order chi connectivity index (χ1) is 12.2. The minimum absolute atomic E-state index is 0.242. The molecule has 1 heterocycles. The fourth-order valence-electron chi connectivity index (χ4n) is 5.52. The highest BCUT2D eigenvalue weighted by Crippen LogP contribution is 2.38. The molecule has 3 nitrogen and oxygen atoms in total. The van der Waals surface area contributed by atoms with Gasteiger partial charge in [0.2, 0.25) is 5.91 Å². The monoisotopic (exact) mass is 340 g/mol. The van der Waals surface area contributed by atoms with Crippen LogP contribution in [0.5, 0.6) is 0 Å². The van der Waals surface area contributed by atoms with Gasteiger partial charge in [-0.05, 0) is 74.0 Å². The number of carbonyl (C=O) groups excluding carboxylic acids is 1. The molecule has 1 N–H and O–H groups in total. The van der Waals surface area contributed by atoms with Crippen molar-refractivity contribution in [2.75, 3.05) is 19.6 Å². The fourth-order valence-corrected chi connectivity index (χ4v) is 5.52. The molecule has 1 aromatic rings. The summed E-state index contributed by atoms with van der Waals surface area (Å²) in [4.78, 5) is 13.7. The largest absolute Gasteiger partial charge is 0.343 e. The van der Waals surface area contributed by atoms with Crippen LogP contribution in [-0.4, -0.2) is 36.5 Å². The van der Waals surface area contributed by atoms with Crippen molar-refractivity contribution in [1.29, 1.82) is 0 Å². The fraction of sp³-hybridized carbons (Fsp3) is 0.682. The van der Waals surface area contributed by atoms with Gasteiger partial charge in [-0.15, -0.1) is 0 Å². The molecule has 1 aliphatic heterocycles. The van der Waals surface area contributed by atoms with E-state index in [-0.39, 0.29) is 5.91 Å². The molecule has 1 aromatic carbocycles. The maximum atomic E-state index is 11.7. The van der Waals surface area contributed by atoms with E-state index in [1.54, 1.807) is 18.1 Å². The molecule has 136 valence electrons. The van der Waals surface area contributed by atoms with Crippen molar-refractivity contribution >= 4 is 5.91 Å². The number of hydrogen-bond donors (Lipinski definition) is 1. The molecule has 2 bridgehead atoms. The summed E-state index contributed by atoms with van der Waals surface area (Å²) >= 11 is 0. The second kappa shape index (κ2) is 7.49. The van der Waals surface area contributed by atoms with Crippen molar-refractivity contribution in [3.8, 4) is 0 Å². The molecule has 4 rings (SSSR count). The number of benzene rings is 1. The van der Waals surface area contributed by atoms with Gasteiger partial charge in [-0.1, -0.05) is 30.7 Å². The Morgan fingerprint density at radius 2 is 1.76 bits per heavy atom. The van der Waals surface area contributed by atoms with E-state index < -0.39 is 0 Å². The molecule has 2 fully saturated rings. The summed E-state index contributed by atoms with van der Waals surface area (Å²) in [5.74, 6) is 2.44. The van der Waals surface area contributed by atoms with Crippen LogP contribution in [-0.2, 0) is 17.6 Å². The van der Waals surface area contributed by atoms with Gasteiger partial charge >= 0.3 is 0 Å². The lowest BCUT2D eigenvalue weighted by Crippen LogP contribution is -2.49. The van der Waals surface area contributed by atoms with Gasteiger partial charge in [-0.3, -0.25) is 4.79 Å². The zero-order valence-electron chi connectivity index (χ0n) is 15.5. The number of amides is 1. The number of likely N-dealkylation sites (tertiary alicyclic amines) is 1. The summed E-state index contributed by atoms with van der Waals surface area (Å²) in [5.41, 5.74) is 3.17. The third-order valence-corrected chi connectivity index (χ3v) is 6.85. The van der Waals surface area contributed by atoms with Gasteiger partial charge in [-0.2, -0.15) is 0 Å². The van der Waals surface area contributed by atoms with Gasteiger partial charge in [0.15, 0.2) is 0 Å². The zero-order valence-corrected chi connectivity index (χ0v) is 15.5. The molecular formula is C22H32N2O. The standard InChI is InChI=1S/C22H32N2O/c1-16(25)24-11-5-6-17(15-24)14-23-22-20-9-4-10-21(22)13-19-8-3-2-7-18(19)12-20/h2-3,7-8,17,20-23H,4-6,9-15H2,1H3/t17?,20-,21+,22?. The minimum atomic E-state index is 0.242. The highest BCUT2D eigenvalue weighted by Gasteiger charge is 2.36. The Balaban J connectivity index is 1.41. The van der Waals surface area contributed by atoms with Gasteiger partial charge in [0.25, 0.3) is 0 Å². The SMILES string of the molecule is CC(=O)N1CCCC(CNC2[C@@H]3CCC[C@H]2Cc2ccccc2C3)C1. The highest BCUT2D eigenvalue weighted by molar-refractivity contribution is 5.73. The van der Waals surface area contributed by atoms with E-state index in [1.165, 1.54) is 38.5 Å². The van der Waals surface area contributed by atoms with Crippen LogP contribution in [0.4, 0.5) is 0 Å². The predicted octanol–water partition coefficient (Wildman–Crippen LogP) is 3.42. The Bertz CT molecular complexity index is 581. The molecule has 1 saturated carbocycles. The summed E-state index contributed by atoms with van der Waals surface area (Å²) in [5, 5.41) is 3.99. The summed E-state index contributed by atoms with van der Waals surface area (Å²) in [6.45, 7) is 4.70. The molecule has 4 atom stereocenters. The van der Waals surface area contributed by atoms with Crippen molar-refractivity contribution in [3.05, 3.63) is 35.4 Å². The van der Waals surface area contributed by atoms with Crippen LogP contribution >= 0.6 is 0 Å². The third-order valence-electron chi connectivity index (χ3n) is 6.85. The second-order valence-corrected chi connectivity index (χ2v) is 8.54. The minimum Gasteiger partial charge on any atom is -0.343 e. The van der Waals surface area contributed by atoms with Crippen LogP contribution in [0.3, 0.4) is 0 Å². The molecule has 0 radical (unpaired) electrons. The van der Waals surface area contributed by atoms with E-state index in [1.807, 2.05) is 4.90 Å². The molecule has 0 aromatic heterocycles. The molecule has 25 heavy (non-hydrogen) atoms. The Morgan fingerprint density at radius 3 is 2.40 bits per heavy atom. The van der Waals surface area contributed by atoms with E-state index in [0.29, 0.717) is 12.0 Å². The quantitative estimate of drug-likeness (QED) is 0.914. The summed E-state index contributed by atoms with van der Waals surface area (Å²) < 4.78 is 0. The lowest BCUT2D eigenvalue weighted by atomic mass is 9.75. The summed E-state index contributed by atoms with van der Waals surface area (Å²) in [6.07, 6.45) is 9.04. The Morgan fingerprint density at radius 1 is 1.08 bits per heavy atom. The Kier molecular flexibility index (Phi) is 5.12. The zero-order chi connectivity index (χ0) is 17.2. The molecule has 3 aliphatic rings. The van der Waals surface area contributed by atoms with E-state index >= 15 is 0 Å². The topological polar surface area (TPSA) is 32.3 Å². The first kappa shape index (κ1) is 17.1. The van der Waals surface area contributed by atoms with Gasteiger partial charge < -0.3 is 10.2 Å². The average molecular weight is 341 g/mol. The van der Waals surface area contributed by atoms with E-state index in [9.17, 15) is 4.79 Å². The first-order valence-electron chi connectivity index (χ1n) is 10.3. The highest BCUT2D eigenvalue weighted by atomic mass is 16.2. The van der Waals surface area contributed by atoms with E-state index in [2.05, 4.69) is 29.6 Å². The molecule has 2 unspecified atom stereocenters. The normalized spacial score (nSPS) is 32.0. The third kappa shape index (κ3) is 3.76. The van der Waals surface area contributed by atoms with Crippen molar-refractivity contribution < 1.29 is 4.79 Å². The lowest BCUT2D eigenvalue weighted by molar-refractivity contribution is -0.130. The number of nitrogens with one attached hydrogen (secondary N) is 1. The number of nitrogens with zero attached hydrogens (tertiary/aromatic N) is 1. The van der Waals surface area contributed by atoms with E-state index in [0.717, 1.165) is 37.9 Å². The number of hydrogen-bond acceptors (Lipinski definition) is 2. The van der Waals surface area contributed by atoms with Crippen LogP contribution in [0, 0.1) is 17.8 Å². The molecule has 0 spiro atoms. The number of fused-ring (bicyclic) bond motifs is 3. The average Bonchev–Trinajstić information content (AvgIpc) is 2.70. The summed E-state index contributed by atoms with van der Waals surface area (Å²) in [6, 6.07) is 9.76. The second-order valence-electron chi connectivity index (χ2n) is 8.54. The maximum absolute atomic E-state index is 11.7. The first-order valence-corrected chi connectivity index (χ1v) is 10.3. The van der Waals surface area contributed by atoms with Crippen molar-refractivity contribution in [1.82, 2.24) is 10.2 Å². The maximum Gasteiger partial charge on any atom is 0.219 e. The van der Waals surface area contributed by atoms with Crippen LogP contribution < -0.4 is 5.32 Å². The molecular weight excluding hydrogens is 308 g/mol. The van der Waals surface area contributed by atoms with Crippen LogP contribution in [0.25, 0.3) is 0 Å². The van der Waals surface area contributed by atoms with Crippen molar-refractivity contribution in [3.63, 3.8) is 0 Å². The van der Waals surface area contributed by atoms with Crippen LogP contribution in [0.15, 0.2) is 24.3 Å². The van der Waals surface area contributed by atoms with E-state index in [4.69, 9.17) is 0 Å². The van der Waals surface area contributed by atoms with Gasteiger partial charge in [0.1, 0.15) is 0 Å². The van der Waals surface area contributed by atoms with Crippen LogP contribution in [0.1, 0.15) is 50.2 Å². The Labute approximate surface area is 152 Å². The Hall–Kier alpha value is -1.35. The molecule has 3 heteroatoms. The predicted molar refractivity (Wildman–Crippen MR) is 101 cm³/mol. The van der Waals surface area contributed by atoms with Crippen molar-refractivity contribution in [2.45, 2.75) is 57.9 Å². The van der Waals surface area contributed by atoms with Crippen LogP contribution in [0.2, 0.25) is 0 Å². The summed E-state index contributed by atoms with van der Waals surface area (Å²) in [7, 11) is 0. The number of piperidine rings is 1. The van der Waals surface area contributed by atoms with Gasteiger partial charge in [0.05, 0.1) is 0 Å². The molecule has 1 amide bonds. The molecule has 1 saturated heterocycles. The van der Waals surface area contributed by atoms with Crippen molar-refractivity contribution in [2.24, 2.45) is 17.8 Å². The number of rotatable bonds is 3. The number of carbonyl (C=O) groups is 1. The smallest absolute Gasteiger partial charge is 0.219 e. The lowest BCUT2D eigenvalue weighted by Gasteiger charge is -2.39.